The summed E-state index contributed by atoms with van der Waals surface area (Å²) < 4.78 is 0. The van der Waals surface area contributed by atoms with E-state index in [-0.39, 0.29) is 11.6 Å². The van der Waals surface area contributed by atoms with Crippen molar-refractivity contribution < 1.29 is 5.11 Å². The molecular formula is C38H29N3O. The molecule has 6 aromatic carbocycles. The van der Waals surface area contributed by atoms with E-state index in [0.717, 1.165) is 55.9 Å². The van der Waals surface area contributed by atoms with Gasteiger partial charge in [-0.25, -0.2) is 4.99 Å². The van der Waals surface area contributed by atoms with Gasteiger partial charge in [0.15, 0.2) is 5.84 Å². The van der Waals surface area contributed by atoms with Gasteiger partial charge in [-0.1, -0.05) is 121 Å². The van der Waals surface area contributed by atoms with Crippen molar-refractivity contribution in [3.8, 4) is 39.1 Å². The Balaban J connectivity index is 1.32. The van der Waals surface area contributed by atoms with Gasteiger partial charge >= 0.3 is 0 Å². The average Bonchev–Trinajstić information content (AvgIpc) is 3.05. The van der Waals surface area contributed by atoms with E-state index >= 15 is 0 Å². The van der Waals surface area contributed by atoms with Crippen molar-refractivity contribution >= 4 is 23.4 Å². The molecule has 0 aliphatic rings. The predicted octanol–water partition coefficient (Wildman–Crippen LogP) is 9.58. The molecule has 0 fully saturated rings. The predicted molar refractivity (Wildman–Crippen MR) is 175 cm³/mol. The van der Waals surface area contributed by atoms with Crippen molar-refractivity contribution in [2.75, 3.05) is 5.32 Å². The lowest BCUT2D eigenvalue weighted by molar-refractivity contribution is 0.477. The topological polar surface area (TPSA) is 68.5 Å². The SMILES string of the molecule is N=C(N=Cc1ccc(Nc2cc(-c3ccccc3O)ccc2-c2cccc(-c3ccccc3)c2)cc1)c1ccccc1. The molecule has 202 valence electrons. The molecular weight excluding hydrogens is 514 g/mol. The number of aromatic hydroxyl groups is 1. The van der Waals surface area contributed by atoms with Crippen LogP contribution in [-0.4, -0.2) is 17.2 Å². The number of nitrogens with zero attached hydrogens (tertiary/aromatic N) is 1. The zero-order valence-electron chi connectivity index (χ0n) is 22.9. The van der Waals surface area contributed by atoms with E-state index in [1.54, 1.807) is 12.3 Å². The van der Waals surface area contributed by atoms with Crippen molar-refractivity contribution in [1.29, 1.82) is 5.41 Å². The quantitative estimate of drug-likeness (QED) is 0.139. The molecule has 42 heavy (non-hydrogen) atoms. The molecule has 0 saturated heterocycles. The number of benzene rings is 6. The molecule has 0 saturated carbocycles. The van der Waals surface area contributed by atoms with Crippen molar-refractivity contribution in [3.63, 3.8) is 0 Å². The molecule has 0 heterocycles. The second kappa shape index (κ2) is 12.2. The molecule has 0 aromatic heterocycles. The van der Waals surface area contributed by atoms with E-state index in [0.29, 0.717) is 0 Å². The fourth-order valence-electron chi connectivity index (χ4n) is 4.90. The van der Waals surface area contributed by atoms with Gasteiger partial charge in [-0.15, -0.1) is 0 Å². The first-order valence-electron chi connectivity index (χ1n) is 13.8. The summed E-state index contributed by atoms with van der Waals surface area (Å²) in [6.45, 7) is 0. The lowest BCUT2D eigenvalue weighted by atomic mass is 9.95. The third-order valence-electron chi connectivity index (χ3n) is 7.09. The van der Waals surface area contributed by atoms with Gasteiger partial charge in [0.2, 0.25) is 0 Å². The first-order valence-corrected chi connectivity index (χ1v) is 13.8. The molecule has 0 spiro atoms. The molecule has 0 radical (unpaired) electrons. The molecule has 0 atom stereocenters. The van der Waals surface area contributed by atoms with Crippen LogP contribution in [0.4, 0.5) is 11.4 Å². The number of hydrogen-bond acceptors (Lipinski definition) is 3. The Morgan fingerprint density at radius 1 is 0.571 bits per heavy atom. The minimum atomic E-state index is 0.223. The lowest BCUT2D eigenvalue weighted by Gasteiger charge is -2.16. The number of amidine groups is 1. The summed E-state index contributed by atoms with van der Waals surface area (Å²) in [5.74, 6) is 0.466. The summed E-state index contributed by atoms with van der Waals surface area (Å²) in [6.07, 6.45) is 1.71. The highest BCUT2D eigenvalue weighted by Gasteiger charge is 2.12. The maximum absolute atomic E-state index is 10.5. The molecule has 0 aliphatic heterocycles. The van der Waals surface area contributed by atoms with Crippen LogP contribution < -0.4 is 5.32 Å². The van der Waals surface area contributed by atoms with E-state index in [1.165, 1.54) is 0 Å². The van der Waals surface area contributed by atoms with E-state index in [4.69, 9.17) is 5.41 Å². The zero-order chi connectivity index (χ0) is 28.7. The van der Waals surface area contributed by atoms with Crippen molar-refractivity contribution in [2.45, 2.75) is 0 Å². The number of rotatable bonds is 7. The summed E-state index contributed by atoms with van der Waals surface area (Å²) >= 11 is 0. The Morgan fingerprint density at radius 2 is 1.21 bits per heavy atom. The Bertz CT molecular complexity index is 1860. The summed E-state index contributed by atoms with van der Waals surface area (Å²) in [6, 6.07) is 50.0. The highest BCUT2D eigenvalue weighted by Crippen LogP contribution is 2.38. The van der Waals surface area contributed by atoms with Gasteiger partial charge in [-0.05, 0) is 58.1 Å². The van der Waals surface area contributed by atoms with Gasteiger partial charge in [0.1, 0.15) is 5.75 Å². The molecule has 0 aliphatic carbocycles. The number of nitrogens with one attached hydrogen (secondary N) is 2. The van der Waals surface area contributed by atoms with Crippen LogP contribution in [0.15, 0.2) is 157 Å². The van der Waals surface area contributed by atoms with E-state index < -0.39 is 0 Å². The maximum Gasteiger partial charge on any atom is 0.151 e. The largest absolute Gasteiger partial charge is 0.507 e. The van der Waals surface area contributed by atoms with Crippen molar-refractivity contribution in [3.05, 3.63) is 163 Å². The second-order valence-electron chi connectivity index (χ2n) is 9.94. The number of aliphatic imine (C=N–C) groups is 1. The van der Waals surface area contributed by atoms with Crippen LogP contribution in [-0.2, 0) is 0 Å². The van der Waals surface area contributed by atoms with E-state index in [2.05, 4.69) is 71.0 Å². The third-order valence-corrected chi connectivity index (χ3v) is 7.09. The van der Waals surface area contributed by atoms with Crippen molar-refractivity contribution in [2.24, 2.45) is 4.99 Å². The normalized spacial score (nSPS) is 11.0. The standard InChI is InChI=1S/C38H29N3O/c39-38(29-12-5-2-6-13-29)40-26-27-18-21-33(22-19-27)41-36-25-32(35-16-7-8-17-37(35)42)20-23-34(36)31-15-9-14-30(24-31)28-10-3-1-4-11-28/h1-26,39,41-42H. The molecule has 6 rings (SSSR count). The molecule has 6 aromatic rings. The first-order chi connectivity index (χ1) is 20.6. The van der Waals surface area contributed by atoms with Crippen molar-refractivity contribution in [1.82, 2.24) is 0 Å². The Labute approximate surface area is 245 Å². The first kappa shape index (κ1) is 26.5. The molecule has 0 amide bonds. The number of phenolic OH excluding ortho intramolecular Hbond substituents is 1. The van der Waals surface area contributed by atoms with Gasteiger partial charge in [0, 0.05) is 34.3 Å². The average molecular weight is 544 g/mol. The van der Waals surface area contributed by atoms with Gasteiger partial charge in [-0.2, -0.15) is 0 Å². The Hall–Kier alpha value is -5.74. The smallest absolute Gasteiger partial charge is 0.151 e. The van der Waals surface area contributed by atoms with Gasteiger partial charge in [0.05, 0.1) is 0 Å². The zero-order valence-corrected chi connectivity index (χ0v) is 22.9. The summed E-state index contributed by atoms with van der Waals surface area (Å²) in [4.78, 5) is 4.33. The van der Waals surface area contributed by atoms with Gasteiger partial charge < -0.3 is 10.4 Å². The second-order valence-corrected chi connectivity index (χ2v) is 9.94. The third kappa shape index (κ3) is 6.03. The fraction of sp³-hybridized carbons (Fsp3) is 0. The Morgan fingerprint density at radius 3 is 1.98 bits per heavy atom. The lowest BCUT2D eigenvalue weighted by Crippen LogP contribution is -1.97. The Kier molecular flexibility index (Phi) is 7.69. The monoisotopic (exact) mass is 543 g/mol. The van der Waals surface area contributed by atoms with Gasteiger partial charge in [-0.3, -0.25) is 5.41 Å². The van der Waals surface area contributed by atoms with Crippen LogP contribution in [0.5, 0.6) is 5.75 Å². The van der Waals surface area contributed by atoms with Crippen LogP contribution in [0, 0.1) is 5.41 Å². The summed E-state index contributed by atoms with van der Waals surface area (Å²) in [5, 5.41) is 22.4. The maximum atomic E-state index is 10.5. The van der Waals surface area contributed by atoms with Gasteiger partial charge in [0.25, 0.3) is 0 Å². The number of phenols is 1. The highest BCUT2D eigenvalue weighted by atomic mass is 16.3. The number of hydrogen-bond donors (Lipinski definition) is 3. The molecule has 4 heteroatoms. The molecule has 3 N–H and O–H groups in total. The van der Waals surface area contributed by atoms with Crippen LogP contribution >= 0.6 is 0 Å². The summed E-state index contributed by atoms with van der Waals surface area (Å²) in [5.41, 5.74) is 9.67. The number of anilines is 2. The van der Waals surface area contributed by atoms with E-state index in [9.17, 15) is 5.11 Å². The minimum absolute atomic E-state index is 0.223. The van der Waals surface area contributed by atoms with Crippen LogP contribution in [0.2, 0.25) is 0 Å². The number of para-hydroxylation sites is 1. The highest BCUT2D eigenvalue weighted by molar-refractivity contribution is 6.03. The van der Waals surface area contributed by atoms with Crippen LogP contribution in [0.1, 0.15) is 11.1 Å². The molecule has 0 unspecified atom stereocenters. The fourth-order valence-corrected chi connectivity index (χ4v) is 4.90. The van der Waals surface area contributed by atoms with E-state index in [1.807, 2.05) is 84.9 Å². The molecule has 4 nitrogen and oxygen atoms in total. The van der Waals surface area contributed by atoms with Crippen LogP contribution in [0.25, 0.3) is 33.4 Å². The minimum Gasteiger partial charge on any atom is -0.507 e. The summed E-state index contributed by atoms with van der Waals surface area (Å²) in [7, 11) is 0. The molecule has 0 bridgehead atoms. The van der Waals surface area contributed by atoms with Crippen LogP contribution in [0.3, 0.4) is 0 Å².